The molecule has 1 spiro atoms. The molecule has 1 aliphatic heterocycles. The van der Waals surface area contributed by atoms with E-state index in [1.165, 1.54) is 0 Å². The van der Waals surface area contributed by atoms with Crippen molar-refractivity contribution >= 4 is 5.91 Å². The molecular formula is C18H29N3O3. The van der Waals surface area contributed by atoms with E-state index in [4.69, 9.17) is 4.74 Å². The molecule has 2 heterocycles. The van der Waals surface area contributed by atoms with Gasteiger partial charge in [-0.05, 0) is 45.0 Å². The van der Waals surface area contributed by atoms with Crippen LogP contribution in [0.1, 0.15) is 42.4 Å². The van der Waals surface area contributed by atoms with Crippen LogP contribution in [0.2, 0.25) is 0 Å². The fraction of sp³-hybridized carbons (Fsp3) is 0.722. The minimum Gasteiger partial charge on any atom is -0.392 e. The Hall–Kier alpha value is -1.37. The molecule has 6 nitrogen and oxygen atoms in total. The zero-order chi connectivity index (χ0) is 17.3. The highest BCUT2D eigenvalue weighted by molar-refractivity contribution is 5.92. The summed E-state index contributed by atoms with van der Waals surface area (Å²) in [4.78, 5) is 19.1. The van der Waals surface area contributed by atoms with Gasteiger partial charge in [0.1, 0.15) is 5.69 Å². The molecule has 1 saturated carbocycles. The van der Waals surface area contributed by atoms with Gasteiger partial charge in [0.15, 0.2) is 0 Å². The quantitative estimate of drug-likeness (QED) is 0.855. The first-order valence-corrected chi connectivity index (χ1v) is 8.88. The second-order valence-corrected chi connectivity index (χ2v) is 7.30. The largest absolute Gasteiger partial charge is 0.392 e. The summed E-state index contributed by atoms with van der Waals surface area (Å²) in [5, 5.41) is 10.3. The van der Waals surface area contributed by atoms with Crippen molar-refractivity contribution in [3.8, 4) is 0 Å². The zero-order valence-electron chi connectivity index (χ0n) is 14.9. The normalized spacial score (nSPS) is 26.3. The average molecular weight is 335 g/mol. The van der Waals surface area contributed by atoms with Crippen molar-refractivity contribution in [3.63, 3.8) is 0 Å². The number of H-pyrrole nitrogens is 1. The third-order valence-electron chi connectivity index (χ3n) is 5.67. The Bertz CT molecular complexity index is 574. The molecule has 0 aromatic carbocycles. The van der Waals surface area contributed by atoms with Crippen LogP contribution in [-0.2, 0) is 11.3 Å². The summed E-state index contributed by atoms with van der Waals surface area (Å²) in [6.07, 6.45) is 2.73. The first kappa shape index (κ1) is 17.5. The average Bonchev–Trinajstić information content (AvgIpc) is 3.03. The van der Waals surface area contributed by atoms with Gasteiger partial charge in [0.05, 0.1) is 12.2 Å². The number of aliphatic hydroxyl groups excluding tert-OH is 1. The van der Waals surface area contributed by atoms with E-state index < -0.39 is 0 Å². The maximum Gasteiger partial charge on any atom is 0.269 e. The van der Waals surface area contributed by atoms with Crippen molar-refractivity contribution < 1.29 is 14.6 Å². The maximum atomic E-state index is 12.0. The second-order valence-electron chi connectivity index (χ2n) is 7.30. The summed E-state index contributed by atoms with van der Waals surface area (Å²) in [5.74, 6) is -0.00371. The number of likely N-dealkylation sites (tertiary alicyclic amines) is 1. The molecule has 2 aliphatic rings. The predicted molar refractivity (Wildman–Crippen MR) is 91.8 cm³/mol. The van der Waals surface area contributed by atoms with Gasteiger partial charge in [-0.2, -0.15) is 0 Å². The Morgan fingerprint density at radius 1 is 1.42 bits per heavy atom. The number of aromatic nitrogens is 1. The standard InChI is InChI=1S/C18H29N3O3/c1-4-24-16-11-15(22)18(16)7-9-21(10-8-18)12-13-5-6-14(19-13)17(23)20(2)3/h5-6,15-16,19,22H,4,7-12H2,1-3H3. The predicted octanol–water partition coefficient (Wildman–Crippen LogP) is 1.47. The van der Waals surface area contributed by atoms with Crippen LogP contribution in [0.3, 0.4) is 0 Å². The molecule has 1 aromatic heterocycles. The zero-order valence-corrected chi connectivity index (χ0v) is 14.9. The van der Waals surface area contributed by atoms with Gasteiger partial charge in [-0.15, -0.1) is 0 Å². The van der Waals surface area contributed by atoms with E-state index in [-0.39, 0.29) is 23.5 Å². The number of piperidine rings is 1. The second kappa shape index (κ2) is 6.86. The Labute approximate surface area is 143 Å². The molecule has 1 amide bonds. The Balaban J connectivity index is 1.55. The molecule has 2 fully saturated rings. The number of rotatable bonds is 5. The van der Waals surface area contributed by atoms with E-state index in [2.05, 4.69) is 9.88 Å². The highest BCUT2D eigenvalue weighted by atomic mass is 16.5. The van der Waals surface area contributed by atoms with Gasteiger partial charge < -0.3 is 19.7 Å². The monoisotopic (exact) mass is 335 g/mol. The molecule has 0 radical (unpaired) electrons. The van der Waals surface area contributed by atoms with E-state index in [9.17, 15) is 9.90 Å². The summed E-state index contributed by atoms with van der Waals surface area (Å²) in [7, 11) is 3.51. The number of aromatic amines is 1. The fourth-order valence-electron chi connectivity index (χ4n) is 4.08. The minimum absolute atomic E-state index is 0.00371. The molecule has 3 rings (SSSR count). The minimum atomic E-state index is -0.217. The Morgan fingerprint density at radius 2 is 2.12 bits per heavy atom. The molecule has 1 aromatic rings. The van der Waals surface area contributed by atoms with E-state index in [1.54, 1.807) is 19.0 Å². The van der Waals surface area contributed by atoms with Crippen LogP contribution < -0.4 is 0 Å². The van der Waals surface area contributed by atoms with Crippen LogP contribution in [0.25, 0.3) is 0 Å². The van der Waals surface area contributed by atoms with E-state index in [0.717, 1.165) is 44.6 Å². The number of carbonyl (C=O) groups is 1. The summed E-state index contributed by atoms with van der Waals surface area (Å²) < 4.78 is 5.82. The van der Waals surface area contributed by atoms with Crippen molar-refractivity contribution in [1.29, 1.82) is 0 Å². The van der Waals surface area contributed by atoms with Crippen LogP contribution in [0.5, 0.6) is 0 Å². The SMILES string of the molecule is CCOC1CC(O)C12CCN(Cc1ccc(C(=O)N(C)C)[nH]1)CC2. The number of aliphatic hydroxyl groups is 1. The maximum absolute atomic E-state index is 12.0. The first-order valence-electron chi connectivity index (χ1n) is 8.88. The van der Waals surface area contributed by atoms with Gasteiger partial charge in [0.25, 0.3) is 5.91 Å². The summed E-state index contributed by atoms with van der Waals surface area (Å²) >= 11 is 0. The molecule has 1 aliphatic carbocycles. The van der Waals surface area contributed by atoms with Crippen LogP contribution in [0.4, 0.5) is 0 Å². The van der Waals surface area contributed by atoms with Crippen molar-refractivity contribution in [2.75, 3.05) is 33.8 Å². The van der Waals surface area contributed by atoms with Crippen LogP contribution in [-0.4, -0.2) is 71.8 Å². The van der Waals surface area contributed by atoms with Gasteiger partial charge in [-0.25, -0.2) is 0 Å². The lowest BCUT2D eigenvalue weighted by atomic mass is 9.58. The van der Waals surface area contributed by atoms with Gasteiger partial charge in [-0.3, -0.25) is 9.69 Å². The molecule has 2 N–H and O–H groups in total. The topological polar surface area (TPSA) is 68.8 Å². The van der Waals surface area contributed by atoms with Crippen molar-refractivity contribution in [2.45, 2.75) is 44.9 Å². The molecule has 134 valence electrons. The number of nitrogens with one attached hydrogen (secondary N) is 1. The highest BCUT2D eigenvalue weighted by Crippen LogP contribution is 2.51. The molecule has 0 bridgehead atoms. The summed E-state index contributed by atoms with van der Waals surface area (Å²) in [6, 6.07) is 3.84. The van der Waals surface area contributed by atoms with Gasteiger partial charge in [-0.1, -0.05) is 0 Å². The van der Waals surface area contributed by atoms with Crippen LogP contribution >= 0.6 is 0 Å². The van der Waals surface area contributed by atoms with Gasteiger partial charge in [0.2, 0.25) is 0 Å². The molecular weight excluding hydrogens is 306 g/mol. The molecule has 2 atom stereocenters. The lowest BCUT2D eigenvalue weighted by molar-refractivity contribution is -0.209. The van der Waals surface area contributed by atoms with E-state index in [0.29, 0.717) is 12.3 Å². The highest BCUT2D eigenvalue weighted by Gasteiger charge is 2.55. The molecule has 1 saturated heterocycles. The Morgan fingerprint density at radius 3 is 2.71 bits per heavy atom. The number of hydrogen-bond acceptors (Lipinski definition) is 4. The lowest BCUT2D eigenvalue weighted by Crippen LogP contribution is -2.62. The number of ether oxygens (including phenoxy) is 1. The molecule has 2 unspecified atom stereocenters. The number of carbonyl (C=O) groups excluding carboxylic acids is 1. The fourth-order valence-corrected chi connectivity index (χ4v) is 4.08. The number of amides is 1. The van der Waals surface area contributed by atoms with Gasteiger partial charge in [0, 0.05) is 44.8 Å². The first-order chi connectivity index (χ1) is 11.5. The smallest absolute Gasteiger partial charge is 0.269 e. The molecule has 6 heteroatoms. The number of nitrogens with zero attached hydrogens (tertiary/aromatic N) is 2. The van der Waals surface area contributed by atoms with Crippen LogP contribution in [0, 0.1) is 5.41 Å². The Kier molecular flexibility index (Phi) is 4.99. The van der Waals surface area contributed by atoms with Crippen molar-refractivity contribution in [1.82, 2.24) is 14.8 Å². The van der Waals surface area contributed by atoms with E-state index in [1.807, 2.05) is 19.1 Å². The van der Waals surface area contributed by atoms with Crippen molar-refractivity contribution in [3.05, 3.63) is 23.5 Å². The third-order valence-corrected chi connectivity index (χ3v) is 5.67. The summed E-state index contributed by atoms with van der Waals surface area (Å²) in [5.41, 5.74) is 1.66. The molecule has 24 heavy (non-hydrogen) atoms. The van der Waals surface area contributed by atoms with Crippen molar-refractivity contribution in [2.24, 2.45) is 5.41 Å². The van der Waals surface area contributed by atoms with Crippen LogP contribution in [0.15, 0.2) is 12.1 Å². The third kappa shape index (κ3) is 3.10. The lowest BCUT2D eigenvalue weighted by Gasteiger charge is -2.56. The van der Waals surface area contributed by atoms with E-state index >= 15 is 0 Å². The summed E-state index contributed by atoms with van der Waals surface area (Å²) in [6.45, 7) is 5.46. The number of hydrogen-bond donors (Lipinski definition) is 2. The van der Waals surface area contributed by atoms with Gasteiger partial charge >= 0.3 is 0 Å².